The SMILES string of the molecule is CC(C)CC[C@@H]1NC(=O)[C@@H]2CCCN2C1=O. The van der Waals surface area contributed by atoms with E-state index in [4.69, 9.17) is 0 Å². The number of hydrogen-bond acceptors (Lipinski definition) is 2. The Morgan fingerprint density at radius 1 is 1.44 bits per heavy atom. The van der Waals surface area contributed by atoms with Crippen molar-refractivity contribution in [2.45, 2.75) is 51.6 Å². The maximum Gasteiger partial charge on any atom is 0.245 e. The fraction of sp³-hybridized carbons (Fsp3) is 0.833. The Balaban J connectivity index is 2.00. The first-order valence-electron chi connectivity index (χ1n) is 6.20. The molecule has 0 spiro atoms. The molecule has 0 aromatic rings. The summed E-state index contributed by atoms with van der Waals surface area (Å²) < 4.78 is 0. The number of hydrogen-bond donors (Lipinski definition) is 1. The number of nitrogens with one attached hydrogen (secondary N) is 1. The van der Waals surface area contributed by atoms with E-state index in [2.05, 4.69) is 19.2 Å². The Bertz CT molecular complexity index is 301. The molecular formula is C12H20N2O2. The zero-order chi connectivity index (χ0) is 11.7. The van der Waals surface area contributed by atoms with Crippen LogP contribution in [0.25, 0.3) is 0 Å². The number of rotatable bonds is 3. The minimum atomic E-state index is -0.274. The van der Waals surface area contributed by atoms with Crippen LogP contribution >= 0.6 is 0 Å². The van der Waals surface area contributed by atoms with Crippen LogP contribution in [0, 0.1) is 5.92 Å². The first-order valence-corrected chi connectivity index (χ1v) is 6.20. The van der Waals surface area contributed by atoms with Gasteiger partial charge in [0.25, 0.3) is 0 Å². The lowest BCUT2D eigenvalue weighted by Gasteiger charge is -2.34. The molecule has 0 radical (unpaired) electrons. The summed E-state index contributed by atoms with van der Waals surface area (Å²) in [7, 11) is 0. The van der Waals surface area contributed by atoms with Crippen molar-refractivity contribution >= 4 is 11.8 Å². The van der Waals surface area contributed by atoms with E-state index < -0.39 is 0 Å². The highest BCUT2D eigenvalue weighted by molar-refractivity contribution is 5.97. The lowest BCUT2D eigenvalue weighted by molar-refractivity contribution is -0.147. The minimum Gasteiger partial charge on any atom is -0.343 e. The number of piperazine rings is 1. The second kappa shape index (κ2) is 4.44. The summed E-state index contributed by atoms with van der Waals surface area (Å²) in [6.45, 7) is 5.02. The number of fused-ring (bicyclic) bond motifs is 1. The van der Waals surface area contributed by atoms with Crippen molar-refractivity contribution in [3.05, 3.63) is 0 Å². The van der Waals surface area contributed by atoms with E-state index in [9.17, 15) is 9.59 Å². The molecule has 0 aromatic carbocycles. The third kappa shape index (κ3) is 2.06. The molecule has 2 saturated heterocycles. The molecule has 16 heavy (non-hydrogen) atoms. The van der Waals surface area contributed by atoms with Crippen LogP contribution in [0.5, 0.6) is 0 Å². The summed E-state index contributed by atoms with van der Waals surface area (Å²) >= 11 is 0. The molecule has 0 unspecified atom stereocenters. The van der Waals surface area contributed by atoms with Gasteiger partial charge in [0, 0.05) is 6.54 Å². The summed E-state index contributed by atoms with van der Waals surface area (Å²) in [4.78, 5) is 25.6. The van der Waals surface area contributed by atoms with Crippen LogP contribution in [0.1, 0.15) is 39.5 Å². The van der Waals surface area contributed by atoms with Gasteiger partial charge in [0.05, 0.1) is 0 Å². The van der Waals surface area contributed by atoms with Crippen LogP contribution in [-0.2, 0) is 9.59 Å². The fourth-order valence-corrected chi connectivity index (χ4v) is 2.53. The minimum absolute atomic E-state index is 0.0471. The zero-order valence-corrected chi connectivity index (χ0v) is 10.0. The molecule has 0 bridgehead atoms. The van der Waals surface area contributed by atoms with Crippen molar-refractivity contribution in [1.29, 1.82) is 0 Å². The normalized spacial score (nSPS) is 29.6. The zero-order valence-electron chi connectivity index (χ0n) is 10.0. The van der Waals surface area contributed by atoms with Gasteiger partial charge >= 0.3 is 0 Å². The topological polar surface area (TPSA) is 49.4 Å². The second-order valence-electron chi connectivity index (χ2n) is 5.22. The van der Waals surface area contributed by atoms with Crippen LogP contribution in [0.4, 0.5) is 0 Å². The molecule has 0 aliphatic carbocycles. The number of carbonyl (C=O) groups is 2. The van der Waals surface area contributed by atoms with E-state index in [0.717, 1.165) is 32.2 Å². The highest BCUT2D eigenvalue weighted by Crippen LogP contribution is 2.23. The van der Waals surface area contributed by atoms with Gasteiger partial charge < -0.3 is 10.2 Å². The van der Waals surface area contributed by atoms with E-state index in [-0.39, 0.29) is 23.9 Å². The Morgan fingerprint density at radius 3 is 2.88 bits per heavy atom. The molecular weight excluding hydrogens is 204 g/mol. The van der Waals surface area contributed by atoms with Crippen LogP contribution in [-0.4, -0.2) is 35.3 Å². The lowest BCUT2D eigenvalue weighted by atomic mass is 9.99. The van der Waals surface area contributed by atoms with Gasteiger partial charge in [-0.25, -0.2) is 0 Å². The fourth-order valence-electron chi connectivity index (χ4n) is 2.53. The van der Waals surface area contributed by atoms with Crippen LogP contribution in [0.3, 0.4) is 0 Å². The molecule has 2 fully saturated rings. The van der Waals surface area contributed by atoms with Crippen LogP contribution in [0.15, 0.2) is 0 Å². The summed E-state index contributed by atoms with van der Waals surface area (Å²) in [5.74, 6) is 0.745. The highest BCUT2D eigenvalue weighted by atomic mass is 16.2. The molecule has 90 valence electrons. The molecule has 2 atom stereocenters. The largest absolute Gasteiger partial charge is 0.343 e. The third-order valence-electron chi connectivity index (χ3n) is 3.49. The Kier molecular flexibility index (Phi) is 3.17. The quantitative estimate of drug-likeness (QED) is 0.774. The molecule has 4 heteroatoms. The molecule has 0 saturated carbocycles. The smallest absolute Gasteiger partial charge is 0.245 e. The maximum atomic E-state index is 12.1. The average molecular weight is 224 g/mol. The number of nitrogens with zero attached hydrogens (tertiary/aromatic N) is 1. The molecule has 2 amide bonds. The van der Waals surface area contributed by atoms with Gasteiger partial charge in [0.1, 0.15) is 12.1 Å². The van der Waals surface area contributed by atoms with Crippen LogP contribution in [0.2, 0.25) is 0 Å². The van der Waals surface area contributed by atoms with Crippen molar-refractivity contribution in [2.75, 3.05) is 6.54 Å². The summed E-state index contributed by atoms with van der Waals surface area (Å²) in [5, 5.41) is 2.86. The molecule has 4 nitrogen and oxygen atoms in total. The molecule has 2 rings (SSSR count). The molecule has 2 aliphatic heterocycles. The summed E-state index contributed by atoms with van der Waals surface area (Å²) in [6.07, 6.45) is 3.54. The van der Waals surface area contributed by atoms with Gasteiger partial charge in [-0.2, -0.15) is 0 Å². The average Bonchev–Trinajstić information content (AvgIpc) is 2.70. The van der Waals surface area contributed by atoms with Crippen molar-refractivity contribution in [3.8, 4) is 0 Å². The Labute approximate surface area is 96.4 Å². The highest BCUT2D eigenvalue weighted by Gasteiger charge is 2.42. The lowest BCUT2D eigenvalue weighted by Crippen LogP contribution is -2.61. The Hall–Kier alpha value is -1.06. The van der Waals surface area contributed by atoms with Gasteiger partial charge in [-0.05, 0) is 31.6 Å². The molecule has 2 heterocycles. The first kappa shape index (κ1) is 11.4. The predicted molar refractivity (Wildman–Crippen MR) is 60.7 cm³/mol. The first-order chi connectivity index (χ1) is 7.59. The molecule has 1 N–H and O–H groups in total. The van der Waals surface area contributed by atoms with Gasteiger partial charge in [-0.3, -0.25) is 9.59 Å². The van der Waals surface area contributed by atoms with Crippen molar-refractivity contribution in [3.63, 3.8) is 0 Å². The second-order valence-corrected chi connectivity index (χ2v) is 5.22. The van der Waals surface area contributed by atoms with Crippen molar-refractivity contribution < 1.29 is 9.59 Å². The van der Waals surface area contributed by atoms with E-state index in [1.165, 1.54) is 0 Å². The van der Waals surface area contributed by atoms with E-state index in [1.807, 2.05) is 0 Å². The van der Waals surface area contributed by atoms with Crippen molar-refractivity contribution in [1.82, 2.24) is 10.2 Å². The maximum absolute atomic E-state index is 12.1. The van der Waals surface area contributed by atoms with Crippen LogP contribution < -0.4 is 5.32 Å². The Morgan fingerprint density at radius 2 is 2.19 bits per heavy atom. The standard InChI is InChI=1S/C12H20N2O2/c1-8(2)5-6-9-12(16)14-7-3-4-10(14)11(15)13-9/h8-10H,3-7H2,1-2H3,(H,13,15)/t9-,10-/m0/s1. The van der Waals surface area contributed by atoms with E-state index >= 15 is 0 Å². The van der Waals surface area contributed by atoms with E-state index in [1.54, 1.807) is 4.90 Å². The van der Waals surface area contributed by atoms with E-state index in [0.29, 0.717) is 5.92 Å². The monoisotopic (exact) mass is 224 g/mol. The number of carbonyl (C=O) groups excluding carboxylic acids is 2. The van der Waals surface area contributed by atoms with Gasteiger partial charge in [0.2, 0.25) is 11.8 Å². The number of amides is 2. The molecule has 2 aliphatic rings. The third-order valence-corrected chi connectivity index (χ3v) is 3.49. The van der Waals surface area contributed by atoms with Gasteiger partial charge in [0.15, 0.2) is 0 Å². The summed E-state index contributed by atoms with van der Waals surface area (Å²) in [5.41, 5.74) is 0. The van der Waals surface area contributed by atoms with Crippen molar-refractivity contribution in [2.24, 2.45) is 5.92 Å². The predicted octanol–water partition coefficient (Wildman–Crippen LogP) is 0.912. The summed E-state index contributed by atoms with van der Waals surface area (Å²) in [6, 6.07) is -0.452. The molecule has 0 aromatic heterocycles. The van der Waals surface area contributed by atoms with Gasteiger partial charge in [-0.15, -0.1) is 0 Å². The van der Waals surface area contributed by atoms with Gasteiger partial charge in [-0.1, -0.05) is 13.8 Å².